The first kappa shape index (κ1) is 17.6. The average Bonchev–Trinajstić information content (AvgIpc) is 2.52. The van der Waals surface area contributed by atoms with Crippen LogP contribution in [0.3, 0.4) is 0 Å². The maximum Gasteiger partial charge on any atom is 0.325 e. The first-order chi connectivity index (χ1) is 11.0. The van der Waals surface area contributed by atoms with Crippen LogP contribution < -0.4 is 10.6 Å². The maximum absolute atomic E-state index is 11.9. The topological polar surface area (TPSA) is 134 Å². The van der Waals surface area contributed by atoms with Crippen molar-refractivity contribution in [2.24, 2.45) is 0 Å². The van der Waals surface area contributed by atoms with Crippen LogP contribution in [0.15, 0.2) is 36.0 Å². The number of amides is 1. The fraction of sp³-hybridized carbons (Fsp3) is 0.214. The van der Waals surface area contributed by atoms with Gasteiger partial charge in [0.05, 0.1) is 11.5 Å². The first-order valence-electron chi connectivity index (χ1n) is 6.53. The van der Waals surface area contributed by atoms with Gasteiger partial charge in [-0.1, -0.05) is 6.07 Å². The highest BCUT2D eigenvalue weighted by Crippen LogP contribution is 2.17. The summed E-state index contributed by atoms with van der Waals surface area (Å²) in [7, 11) is 0. The lowest BCUT2D eigenvalue weighted by Crippen LogP contribution is -2.22. The summed E-state index contributed by atoms with van der Waals surface area (Å²) in [5, 5.41) is 24.5. The number of carbonyl (C=O) groups is 2. The molecule has 0 aliphatic carbocycles. The van der Waals surface area contributed by atoms with Gasteiger partial charge in [-0.05, 0) is 13.0 Å². The van der Waals surface area contributed by atoms with Gasteiger partial charge in [-0.15, -0.1) is 0 Å². The molecule has 0 heterocycles. The molecule has 0 bridgehead atoms. The van der Waals surface area contributed by atoms with Crippen molar-refractivity contribution in [3.63, 3.8) is 0 Å². The molecule has 0 aromatic heterocycles. The molecule has 0 atom stereocenters. The summed E-state index contributed by atoms with van der Waals surface area (Å²) in [5.41, 5.74) is -0.303. The summed E-state index contributed by atoms with van der Waals surface area (Å²) in [6.45, 7) is 1.69. The number of rotatable bonds is 7. The molecule has 0 aliphatic rings. The number of carbonyl (C=O) groups excluding carboxylic acids is 2. The summed E-state index contributed by atoms with van der Waals surface area (Å²) < 4.78 is 4.67. The number of hydrogen-bond donors (Lipinski definition) is 2. The van der Waals surface area contributed by atoms with E-state index in [9.17, 15) is 19.7 Å². The SMILES string of the molecule is CCOC(=O)CN/C=C(/C#N)C(=O)Nc1cccc([N+](=O)[O-])c1. The Morgan fingerprint density at radius 2 is 2.22 bits per heavy atom. The first-order valence-corrected chi connectivity index (χ1v) is 6.53. The molecule has 1 aromatic carbocycles. The molecule has 0 saturated heterocycles. The molecule has 23 heavy (non-hydrogen) atoms. The average molecular weight is 318 g/mol. The molecular formula is C14H14N4O5. The zero-order chi connectivity index (χ0) is 17.2. The molecule has 0 fully saturated rings. The molecule has 9 nitrogen and oxygen atoms in total. The zero-order valence-corrected chi connectivity index (χ0v) is 12.2. The van der Waals surface area contributed by atoms with Gasteiger partial charge in [0.1, 0.15) is 18.2 Å². The van der Waals surface area contributed by atoms with Crippen molar-refractivity contribution in [1.82, 2.24) is 5.32 Å². The van der Waals surface area contributed by atoms with Crippen LogP contribution in [0.5, 0.6) is 0 Å². The number of nitrogens with zero attached hydrogens (tertiary/aromatic N) is 2. The molecule has 0 saturated carbocycles. The Morgan fingerprint density at radius 1 is 1.48 bits per heavy atom. The number of nitrogens with one attached hydrogen (secondary N) is 2. The van der Waals surface area contributed by atoms with E-state index in [1.165, 1.54) is 24.3 Å². The van der Waals surface area contributed by atoms with Crippen molar-refractivity contribution in [1.29, 1.82) is 5.26 Å². The van der Waals surface area contributed by atoms with Crippen LogP contribution in [0.2, 0.25) is 0 Å². The number of non-ortho nitro benzene ring substituents is 1. The molecule has 2 N–H and O–H groups in total. The van der Waals surface area contributed by atoms with E-state index in [0.29, 0.717) is 0 Å². The van der Waals surface area contributed by atoms with E-state index < -0.39 is 16.8 Å². The lowest BCUT2D eigenvalue weighted by molar-refractivity contribution is -0.384. The highest BCUT2D eigenvalue weighted by atomic mass is 16.6. The summed E-state index contributed by atoms with van der Waals surface area (Å²) in [5.74, 6) is -1.29. The molecule has 0 aliphatic heterocycles. The lowest BCUT2D eigenvalue weighted by atomic mass is 10.2. The van der Waals surface area contributed by atoms with Crippen molar-refractivity contribution in [3.05, 3.63) is 46.2 Å². The van der Waals surface area contributed by atoms with E-state index in [2.05, 4.69) is 15.4 Å². The highest BCUT2D eigenvalue weighted by molar-refractivity contribution is 6.06. The van der Waals surface area contributed by atoms with Crippen molar-refractivity contribution < 1.29 is 19.2 Å². The van der Waals surface area contributed by atoms with Gasteiger partial charge in [-0.3, -0.25) is 19.7 Å². The third-order valence-electron chi connectivity index (χ3n) is 2.48. The molecule has 1 amide bonds. The summed E-state index contributed by atoms with van der Waals surface area (Å²) in [6.07, 6.45) is 1.07. The van der Waals surface area contributed by atoms with Gasteiger partial charge in [-0.25, -0.2) is 0 Å². The third kappa shape index (κ3) is 5.84. The van der Waals surface area contributed by atoms with Gasteiger partial charge in [0.25, 0.3) is 11.6 Å². The molecule has 120 valence electrons. The van der Waals surface area contributed by atoms with Crippen LogP contribution in [0, 0.1) is 21.4 Å². The van der Waals surface area contributed by atoms with E-state index in [-0.39, 0.29) is 30.1 Å². The molecule has 1 rings (SSSR count). The smallest absolute Gasteiger partial charge is 0.325 e. The van der Waals surface area contributed by atoms with Crippen molar-refractivity contribution >= 4 is 23.3 Å². The Morgan fingerprint density at radius 3 is 2.83 bits per heavy atom. The number of esters is 1. The Hall–Kier alpha value is -3.41. The van der Waals surface area contributed by atoms with Crippen molar-refractivity contribution in [2.75, 3.05) is 18.5 Å². The maximum atomic E-state index is 11.9. The van der Waals surface area contributed by atoms with E-state index >= 15 is 0 Å². The van der Waals surface area contributed by atoms with Crippen LogP contribution in [0.1, 0.15) is 6.92 Å². The van der Waals surface area contributed by atoms with Gasteiger partial charge in [-0.2, -0.15) is 5.26 Å². The minimum absolute atomic E-state index is 0.177. The largest absolute Gasteiger partial charge is 0.465 e. The molecule has 9 heteroatoms. The standard InChI is InChI=1S/C14H14N4O5/c1-2-23-13(19)9-16-8-10(7-15)14(20)17-11-4-3-5-12(6-11)18(21)22/h3-6,8,16H,2,9H2,1H3,(H,17,20)/b10-8-. The van der Waals surface area contributed by atoms with Crippen LogP contribution in [0.25, 0.3) is 0 Å². The quantitative estimate of drug-likeness (QED) is 0.252. The van der Waals surface area contributed by atoms with Crippen LogP contribution >= 0.6 is 0 Å². The Labute approximate surface area is 131 Å². The summed E-state index contributed by atoms with van der Waals surface area (Å²) in [4.78, 5) is 33.1. The van der Waals surface area contributed by atoms with Gasteiger partial charge in [0.15, 0.2) is 0 Å². The molecule has 1 aromatic rings. The fourth-order valence-corrected chi connectivity index (χ4v) is 1.49. The Kier molecular flexibility index (Phi) is 6.74. The molecular weight excluding hydrogens is 304 g/mol. The van der Waals surface area contributed by atoms with Crippen molar-refractivity contribution in [3.8, 4) is 6.07 Å². The number of benzene rings is 1. The number of nitro groups is 1. The van der Waals surface area contributed by atoms with Gasteiger partial charge in [0, 0.05) is 24.0 Å². The second kappa shape index (κ2) is 8.78. The monoisotopic (exact) mass is 318 g/mol. The summed E-state index contributed by atoms with van der Waals surface area (Å²) >= 11 is 0. The number of nitriles is 1. The second-order valence-electron chi connectivity index (χ2n) is 4.12. The minimum atomic E-state index is -0.760. The second-order valence-corrected chi connectivity index (χ2v) is 4.12. The zero-order valence-electron chi connectivity index (χ0n) is 12.2. The Balaban J connectivity index is 2.70. The van der Waals surface area contributed by atoms with Crippen LogP contribution in [-0.4, -0.2) is 30.0 Å². The van der Waals surface area contributed by atoms with Gasteiger partial charge in [0.2, 0.25) is 0 Å². The normalized spacial score (nSPS) is 10.3. The van der Waals surface area contributed by atoms with E-state index in [4.69, 9.17) is 5.26 Å². The van der Waals surface area contributed by atoms with E-state index in [1.54, 1.807) is 13.0 Å². The van der Waals surface area contributed by atoms with E-state index in [0.717, 1.165) is 6.20 Å². The number of hydrogen-bond acceptors (Lipinski definition) is 7. The highest BCUT2D eigenvalue weighted by Gasteiger charge is 2.12. The molecule has 0 unspecified atom stereocenters. The minimum Gasteiger partial charge on any atom is -0.465 e. The molecule has 0 spiro atoms. The third-order valence-corrected chi connectivity index (χ3v) is 2.48. The van der Waals surface area contributed by atoms with Gasteiger partial charge < -0.3 is 15.4 Å². The van der Waals surface area contributed by atoms with E-state index in [1.807, 2.05) is 0 Å². The van der Waals surface area contributed by atoms with Crippen LogP contribution in [-0.2, 0) is 14.3 Å². The number of ether oxygens (including phenoxy) is 1. The van der Waals surface area contributed by atoms with Gasteiger partial charge >= 0.3 is 5.97 Å². The lowest BCUT2D eigenvalue weighted by Gasteiger charge is -2.05. The van der Waals surface area contributed by atoms with Crippen molar-refractivity contribution in [2.45, 2.75) is 6.92 Å². The number of anilines is 1. The fourth-order valence-electron chi connectivity index (χ4n) is 1.49. The summed E-state index contributed by atoms with van der Waals surface area (Å²) in [6, 6.07) is 6.96. The molecule has 0 radical (unpaired) electrons. The predicted molar refractivity (Wildman–Crippen MR) is 80.1 cm³/mol. The van der Waals surface area contributed by atoms with Crippen LogP contribution in [0.4, 0.5) is 11.4 Å². The number of nitro benzene ring substituents is 1. The predicted octanol–water partition coefficient (Wildman–Crippen LogP) is 1.09. The Bertz CT molecular complexity index is 678.